The SMILES string of the molecule is CCOc1ccc(CC2(c3c(O)cccc3OC)NC(=O)CS2)cc1. The Morgan fingerprint density at radius 1 is 1.24 bits per heavy atom. The van der Waals surface area contributed by atoms with E-state index in [9.17, 15) is 9.90 Å². The first kappa shape index (κ1) is 17.5. The van der Waals surface area contributed by atoms with Gasteiger partial charge in [-0.2, -0.15) is 0 Å². The monoisotopic (exact) mass is 359 g/mol. The molecule has 0 spiro atoms. The van der Waals surface area contributed by atoms with E-state index in [1.165, 1.54) is 11.8 Å². The summed E-state index contributed by atoms with van der Waals surface area (Å²) < 4.78 is 10.9. The van der Waals surface area contributed by atoms with Crippen molar-refractivity contribution in [1.82, 2.24) is 5.32 Å². The fraction of sp³-hybridized carbons (Fsp3) is 0.316. The Morgan fingerprint density at radius 2 is 2.00 bits per heavy atom. The summed E-state index contributed by atoms with van der Waals surface area (Å²) in [6.07, 6.45) is 0.531. The zero-order chi connectivity index (χ0) is 17.9. The van der Waals surface area contributed by atoms with E-state index in [-0.39, 0.29) is 11.7 Å². The lowest BCUT2D eigenvalue weighted by Crippen LogP contribution is -2.39. The maximum absolute atomic E-state index is 12.0. The van der Waals surface area contributed by atoms with Crippen LogP contribution in [0.25, 0.3) is 0 Å². The number of amides is 1. The van der Waals surface area contributed by atoms with E-state index < -0.39 is 4.87 Å². The number of methoxy groups -OCH3 is 1. The fourth-order valence-corrected chi connectivity index (χ4v) is 4.31. The summed E-state index contributed by atoms with van der Waals surface area (Å²) in [6, 6.07) is 12.9. The van der Waals surface area contributed by atoms with Crippen molar-refractivity contribution in [3.8, 4) is 17.2 Å². The van der Waals surface area contributed by atoms with Crippen molar-refractivity contribution in [2.24, 2.45) is 0 Å². The molecule has 1 aliphatic rings. The molecule has 25 heavy (non-hydrogen) atoms. The smallest absolute Gasteiger partial charge is 0.231 e. The third-order valence-electron chi connectivity index (χ3n) is 4.11. The number of hydrogen-bond acceptors (Lipinski definition) is 5. The van der Waals surface area contributed by atoms with E-state index in [4.69, 9.17) is 9.47 Å². The highest BCUT2D eigenvalue weighted by Gasteiger charge is 2.44. The Labute approximate surface area is 151 Å². The number of thioether (sulfide) groups is 1. The topological polar surface area (TPSA) is 67.8 Å². The molecule has 1 unspecified atom stereocenters. The van der Waals surface area contributed by atoms with Gasteiger partial charge < -0.3 is 19.9 Å². The van der Waals surface area contributed by atoms with Crippen LogP contribution in [0, 0.1) is 0 Å². The Kier molecular flexibility index (Phi) is 5.08. The molecule has 1 aliphatic heterocycles. The highest BCUT2D eigenvalue weighted by molar-refractivity contribution is 8.01. The molecule has 132 valence electrons. The van der Waals surface area contributed by atoms with Crippen molar-refractivity contribution >= 4 is 17.7 Å². The van der Waals surface area contributed by atoms with Crippen LogP contribution in [-0.4, -0.2) is 30.5 Å². The largest absolute Gasteiger partial charge is 0.507 e. The van der Waals surface area contributed by atoms with E-state index in [2.05, 4.69) is 5.32 Å². The van der Waals surface area contributed by atoms with E-state index in [0.717, 1.165) is 11.3 Å². The van der Waals surface area contributed by atoms with Gasteiger partial charge in [-0.1, -0.05) is 18.2 Å². The second kappa shape index (κ2) is 7.27. The molecule has 2 N–H and O–H groups in total. The van der Waals surface area contributed by atoms with Crippen LogP contribution in [0.4, 0.5) is 0 Å². The van der Waals surface area contributed by atoms with Gasteiger partial charge in [-0.05, 0) is 36.8 Å². The second-order valence-electron chi connectivity index (χ2n) is 5.77. The van der Waals surface area contributed by atoms with E-state index in [1.54, 1.807) is 25.3 Å². The molecule has 5 nitrogen and oxygen atoms in total. The fourth-order valence-electron chi connectivity index (χ4n) is 3.06. The number of benzene rings is 2. The number of hydrogen-bond donors (Lipinski definition) is 2. The summed E-state index contributed by atoms with van der Waals surface area (Å²) in [6.45, 7) is 2.56. The molecule has 1 atom stereocenters. The van der Waals surface area contributed by atoms with Crippen molar-refractivity contribution in [3.63, 3.8) is 0 Å². The Morgan fingerprint density at radius 3 is 2.60 bits per heavy atom. The van der Waals surface area contributed by atoms with Crippen molar-refractivity contribution < 1.29 is 19.4 Å². The maximum atomic E-state index is 12.0. The lowest BCUT2D eigenvalue weighted by Gasteiger charge is -2.31. The van der Waals surface area contributed by atoms with E-state index in [0.29, 0.717) is 30.1 Å². The second-order valence-corrected chi connectivity index (χ2v) is 7.05. The molecular formula is C19H21NO4S. The van der Waals surface area contributed by atoms with Crippen LogP contribution in [0.5, 0.6) is 17.2 Å². The number of phenols is 1. The Balaban J connectivity index is 1.99. The molecule has 1 saturated heterocycles. The van der Waals surface area contributed by atoms with Crippen LogP contribution in [0.1, 0.15) is 18.1 Å². The lowest BCUT2D eigenvalue weighted by molar-refractivity contribution is -0.118. The predicted molar refractivity (Wildman–Crippen MR) is 98.3 cm³/mol. The van der Waals surface area contributed by atoms with Crippen LogP contribution < -0.4 is 14.8 Å². The van der Waals surface area contributed by atoms with Crippen molar-refractivity contribution in [2.75, 3.05) is 19.5 Å². The molecule has 1 fully saturated rings. The quantitative estimate of drug-likeness (QED) is 0.830. The molecule has 0 bridgehead atoms. The zero-order valence-electron chi connectivity index (χ0n) is 14.2. The first-order valence-electron chi connectivity index (χ1n) is 8.11. The number of nitrogens with one attached hydrogen (secondary N) is 1. The van der Waals surface area contributed by atoms with Gasteiger partial charge in [0.15, 0.2) is 0 Å². The first-order valence-corrected chi connectivity index (χ1v) is 9.09. The summed E-state index contributed by atoms with van der Waals surface area (Å²) in [5.74, 6) is 1.76. The summed E-state index contributed by atoms with van der Waals surface area (Å²) in [5.41, 5.74) is 1.63. The number of carbonyl (C=O) groups is 1. The first-order chi connectivity index (χ1) is 12.1. The zero-order valence-corrected chi connectivity index (χ0v) is 15.1. The molecule has 0 saturated carbocycles. The minimum Gasteiger partial charge on any atom is -0.507 e. The van der Waals surface area contributed by atoms with Gasteiger partial charge >= 0.3 is 0 Å². The van der Waals surface area contributed by atoms with Gasteiger partial charge in [0.1, 0.15) is 22.1 Å². The summed E-state index contributed by atoms with van der Waals surface area (Å²) in [5, 5.41) is 13.5. The van der Waals surface area contributed by atoms with Crippen LogP contribution in [0.3, 0.4) is 0 Å². The predicted octanol–water partition coefficient (Wildman–Crippen LogP) is 3.06. The van der Waals surface area contributed by atoms with Crippen LogP contribution in [0.15, 0.2) is 42.5 Å². The van der Waals surface area contributed by atoms with Crippen molar-refractivity contribution in [2.45, 2.75) is 18.2 Å². The highest BCUT2D eigenvalue weighted by atomic mass is 32.2. The van der Waals surface area contributed by atoms with Crippen molar-refractivity contribution in [1.29, 1.82) is 0 Å². The van der Waals surface area contributed by atoms with E-state index in [1.807, 2.05) is 31.2 Å². The molecular weight excluding hydrogens is 338 g/mol. The van der Waals surface area contributed by atoms with Gasteiger partial charge in [-0.15, -0.1) is 11.8 Å². The number of aromatic hydroxyl groups is 1. The minimum atomic E-state index is -0.763. The Bertz CT molecular complexity index is 763. The van der Waals surface area contributed by atoms with E-state index >= 15 is 0 Å². The van der Waals surface area contributed by atoms with Crippen molar-refractivity contribution in [3.05, 3.63) is 53.6 Å². The molecule has 1 amide bonds. The van der Waals surface area contributed by atoms with Crippen LogP contribution >= 0.6 is 11.8 Å². The third kappa shape index (κ3) is 3.54. The third-order valence-corrected chi connectivity index (χ3v) is 5.46. The van der Waals surface area contributed by atoms with Gasteiger partial charge in [0.25, 0.3) is 0 Å². The van der Waals surface area contributed by atoms with Crippen LogP contribution in [0.2, 0.25) is 0 Å². The molecule has 0 aliphatic carbocycles. The number of carbonyl (C=O) groups excluding carboxylic acids is 1. The molecule has 0 radical (unpaired) electrons. The summed E-state index contributed by atoms with van der Waals surface area (Å²) in [4.78, 5) is 11.2. The summed E-state index contributed by atoms with van der Waals surface area (Å²) in [7, 11) is 1.56. The molecule has 1 heterocycles. The van der Waals surface area contributed by atoms with Gasteiger partial charge in [-0.25, -0.2) is 0 Å². The Hall–Kier alpha value is -2.34. The summed E-state index contributed by atoms with van der Waals surface area (Å²) >= 11 is 1.47. The average molecular weight is 359 g/mol. The van der Waals surface area contributed by atoms with Gasteiger partial charge in [0.2, 0.25) is 5.91 Å². The minimum absolute atomic E-state index is 0.0544. The lowest BCUT2D eigenvalue weighted by atomic mass is 9.96. The maximum Gasteiger partial charge on any atom is 0.231 e. The molecule has 6 heteroatoms. The standard InChI is InChI=1S/C19H21NO4S/c1-3-24-14-9-7-13(8-10-14)11-19(20-17(22)12-25-19)18-15(21)5-4-6-16(18)23-2/h4-10,21H,3,11-12H2,1-2H3,(H,20,22). The van der Waals surface area contributed by atoms with Gasteiger partial charge in [0.05, 0.1) is 25.0 Å². The number of ether oxygens (including phenoxy) is 2. The normalized spacial score (nSPS) is 19.5. The highest BCUT2D eigenvalue weighted by Crippen LogP contribution is 2.48. The molecule has 3 rings (SSSR count). The number of rotatable bonds is 6. The molecule has 2 aromatic rings. The molecule has 2 aromatic carbocycles. The van der Waals surface area contributed by atoms with Gasteiger partial charge in [0, 0.05) is 6.42 Å². The molecule has 0 aromatic heterocycles. The van der Waals surface area contributed by atoms with Crippen LogP contribution in [-0.2, 0) is 16.1 Å². The van der Waals surface area contributed by atoms with Gasteiger partial charge in [-0.3, -0.25) is 4.79 Å². The average Bonchev–Trinajstić information content (AvgIpc) is 2.98. The number of phenolic OH excluding ortho intramolecular Hbond substituents is 1.